The largest absolute Gasteiger partial charge is 0.497 e. The number of hydrogen-bond acceptors (Lipinski definition) is 4. The number of nitrogens with one attached hydrogen (secondary N) is 1. The fraction of sp³-hybridized carbons (Fsp3) is 0.360. The van der Waals surface area contributed by atoms with E-state index in [-0.39, 0.29) is 17.2 Å². The Morgan fingerprint density at radius 1 is 1.00 bits per heavy atom. The number of amides is 1. The van der Waals surface area contributed by atoms with Crippen molar-refractivity contribution < 1.29 is 9.53 Å². The molecule has 3 rings (SSSR count). The van der Waals surface area contributed by atoms with E-state index in [9.17, 15) is 4.79 Å². The maximum absolute atomic E-state index is 13.5. The van der Waals surface area contributed by atoms with Crippen molar-refractivity contribution in [3.63, 3.8) is 0 Å². The zero-order chi connectivity index (χ0) is 21.9. The van der Waals surface area contributed by atoms with Crippen LogP contribution < -0.4 is 10.1 Å². The van der Waals surface area contributed by atoms with Crippen molar-refractivity contribution in [3.05, 3.63) is 76.8 Å². The van der Waals surface area contributed by atoms with Crippen molar-refractivity contribution in [3.8, 4) is 5.75 Å². The van der Waals surface area contributed by atoms with Crippen LogP contribution in [0.1, 0.15) is 57.4 Å². The van der Waals surface area contributed by atoms with Gasteiger partial charge >= 0.3 is 0 Å². The molecular formula is C25H30N2O2S. The molecule has 1 amide bonds. The highest BCUT2D eigenvalue weighted by Crippen LogP contribution is 2.42. The second-order valence-corrected chi connectivity index (χ2v) is 9.94. The quantitative estimate of drug-likeness (QED) is 0.511. The lowest BCUT2D eigenvalue weighted by Gasteiger charge is -2.34. The predicted molar refractivity (Wildman–Crippen MR) is 125 cm³/mol. The monoisotopic (exact) mass is 422 g/mol. The maximum atomic E-state index is 13.5. The van der Waals surface area contributed by atoms with Gasteiger partial charge in [0, 0.05) is 16.7 Å². The third kappa shape index (κ3) is 4.73. The average Bonchev–Trinajstić information content (AvgIpc) is 3.18. The molecule has 0 spiro atoms. The molecule has 0 saturated carbocycles. The van der Waals surface area contributed by atoms with E-state index in [1.807, 2.05) is 55.6 Å². The van der Waals surface area contributed by atoms with Gasteiger partial charge in [0.1, 0.15) is 5.75 Å². The minimum atomic E-state index is -0.721. The summed E-state index contributed by atoms with van der Waals surface area (Å²) < 4.78 is 5.44. The van der Waals surface area contributed by atoms with Crippen LogP contribution in [-0.2, 0) is 10.2 Å². The zero-order valence-electron chi connectivity index (χ0n) is 18.5. The standard InChI is InChI=1S/C25H30N2O2S/c1-24(2,3)20-16-30-23(26-20)27-22(28)25(4,5)21(17-11-8-7-9-12-17)18-13-10-14-19(15-18)29-6/h7-16,21H,1-6H3,(H,26,27,28). The average molecular weight is 423 g/mol. The van der Waals surface area contributed by atoms with E-state index in [0.717, 1.165) is 22.6 Å². The van der Waals surface area contributed by atoms with Gasteiger partial charge in [-0.05, 0) is 23.3 Å². The number of rotatable bonds is 6. The Hall–Kier alpha value is -2.66. The highest BCUT2D eigenvalue weighted by molar-refractivity contribution is 7.14. The first kappa shape index (κ1) is 22.0. The van der Waals surface area contributed by atoms with Crippen molar-refractivity contribution in [2.75, 3.05) is 12.4 Å². The topological polar surface area (TPSA) is 51.2 Å². The van der Waals surface area contributed by atoms with Crippen LogP contribution in [0.25, 0.3) is 0 Å². The molecule has 158 valence electrons. The molecule has 1 heterocycles. The molecule has 0 radical (unpaired) electrons. The Morgan fingerprint density at radius 3 is 2.27 bits per heavy atom. The van der Waals surface area contributed by atoms with Crippen LogP contribution in [0.4, 0.5) is 5.13 Å². The van der Waals surface area contributed by atoms with Crippen molar-refractivity contribution in [2.45, 2.75) is 46.0 Å². The summed E-state index contributed by atoms with van der Waals surface area (Å²) in [6.07, 6.45) is 0. The summed E-state index contributed by atoms with van der Waals surface area (Å²) in [7, 11) is 1.66. The lowest BCUT2D eigenvalue weighted by atomic mass is 9.70. The van der Waals surface area contributed by atoms with Gasteiger partial charge in [-0.3, -0.25) is 4.79 Å². The normalized spacial score (nSPS) is 13.0. The number of carbonyl (C=O) groups excluding carboxylic acids is 1. The number of thiazole rings is 1. The number of benzene rings is 2. The van der Waals surface area contributed by atoms with Crippen molar-refractivity contribution >= 4 is 22.4 Å². The van der Waals surface area contributed by atoms with E-state index in [2.05, 4.69) is 49.3 Å². The molecule has 4 nitrogen and oxygen atoms in total. The minimum absolute atomic E-state index is 0.0534. The first-order chi connectivity index (χ1) is 14.1. The Bertz CT molecular complexity index is 1000. The molecule has 0 aliphatic carbocycles. The SMILES string of the molecule is COc1cccc(C(c2ccccc2)C(C)(C)C(=O)Nc2nc(C(C)(C)C)cs2)c1. The molecule has 3 aromatic rings. The fourth-order valence-electron chi connectivity index (χ4n) is 3.56. The second kappa shape index (κ2) is 8.60. The lowest BCUT2D eigenvalue weighted by Crippen LogP contribution is -2.37. The Balaban J connectivity index is 1.97. The Kier molecular flexibility index (Phi) is 6.32. The van der Waals surface area contributed by atoms with Gasteiger partial charge in [0.25, 0.3) is 0 Å². The van der Waals surface area contributed by atoms with Crippen LogP contribution in [0.2, 0.25) is 0 Å². The summed E-state index contributed by atoms with van der Waals surface area (Å²) >= 11 is 1.47. The van der Waals surface area contributed by atoms with Gasteiger partial charge < -0.3 is 10.1 Å². The first-order valence-corrected chi connectivity index (χ1v) is 11.0. The van der Waals surface area contributed by atoms with Crippen molar-refractivity contribution in [1.29, 1.82) is 0 Å². The van der Waals surface area contributed by atoms with Crippen LogP contribution in [0.15, 0.2) is 60.0 Å². The van der Waals surface area contributed by atoms with Crippen molar-refractivity contribution in [1.82, 2.24) is 4.98 Å². The molecule has 5 heteroatoms. The van der Waals surface area contributed by atoms with Crippen LogP contribution in [0, 0.1) is 5.41 Å². The smallest absolute Gasteiger partial charge is 0.232 e. The Labute approximate surface area is 183 Å². The van der Waals surface area contributed by atoms with Crippen LogP contribution in [0.3, 0.4) is 0 Å². The van der Waals surface area contributed by atoms with Gasteiger partial charge in [0.2, 0.25) is 5.91 Å². The summed E-state index contributed by atoms with van der Waals surface area (Å²) in [4.78, 5) is 18.1. The van der Waals surface area contributed by atoms with Gasteiger partial charge in [0.15, 0.2) is 5.13 Å². The number of carbonyl (C=O) groups is 1. The van der Waals surface area contributed by atoms with E-state index in [0.29, 0.717) is 5.13 Å². The molecular weight excluding hydrogens is 392 g/mol. The second-order valence-electron chi connectivity index (χ2n) is 9.08. The van der Waals surface area contributed by atoms with Gasteiger partial charge in [-0.15, -0.1) is 11.3 Å². The number of methoxy groups -OCH3 is 1. The number of aromatic nitrogens is 1. The highest BCUT2D eigenvalue weighted by Gasteiger charge is 2.39. The molecule has 0 aliphatic heterocycles. The molecule has 0 saturated heterocycles. The number of nitrogens with zero attached hydrogens (tertiary/aromatic N) is 1. The van der Waals surface area contributed by atoms with Gasteiger partial charge in [-0.1, -0.05) is 77.1 Å². The molecule has 1 atom stereocenters. The van der Waals surface area contributed by atoms with Gasteiger partial charge in [-0.25, -0.2) is 4.98 Å². The summed E-state index contributed by atoms with van der Waals surface area (Å²) in [5.74, 6) is 0.573. The van der Waals surface area contributed by atoms with Gasteiger partial charge in [-0.2, -0.15) is 0 Å². The van der Waals surface area contributed by atoms with E-state index >= 15 is 0 Å². The van der Waals surface area contributed by atoms with Crippen LogP contribution in [0.5, 0.6) is 5.75 Å². The molecule has 1 aromatic heterocycles. The molecule has 30 heavy (non-hydrogen) atoms. The third-order valence-electron chi connectivity index (χ3n) is 5.36. The maximum Gasteiger partial charge on any atom is 0.232 e. The lowest BCUT2D eigenvalue weighted by molar-refractivity contribution is -0.124. The zero-order valence-corrected chi connectivity index (χ0v) is 19.3. The third-order valence-corrected chi connectivity index (χ3v) is 6.12. The molecule has 0 aliphatic rings. The molecule has 0 bridgehead atoms. The summed E-state index contributed by atoms with van der Waals surface area (Å²) in [6, 6.07) is 18.1. The van der Waals surface area contributed by atoms with Gasteiger partial charge in [0.05, 0.1) is 18.2 Å². The Morgan fingerprint density at radius 2 is 1.67 bits per heavy atom. The summed E-state index contributed by atoms with van der Waals surface area (Å²) in [5, 5.41) is 5.71. The highest BCUT2D eigenvalue weighted by atomic mass is 32.1. The van der Waals surface area contributed by atoms with Crippen LogP contribution in [-0.4, -0.2) is 18.0 Å². The number of anilines is 1. The molecule has 0 fully saturated rings. The molecule has 1 unspecified atom stereocenters. The predicted octanol–water partition coefficient (Wildman–Crippen LogP) is 6.25. The fourth-order valence-corrected chi connectivity index (χ4v) is 4.49. The van der Waals surface area contributed by atoms with E-state index < -0.39 is 5.41 Å². The number of hydrogen-bond donors (Lipinski definition) is 1. The minimum Gasteiger partial charge on any atom is -0.497 e. The first-order valence-electron chi connectivity index (χ1n) is 10.1. The summed E-state index contributed by atoms with van der Waals surface area (Å²) in [5.41, 5.74) is 2.33. The van der Waals surface area contributed by atoms with Crippen molar-refractivity contribution in [2.24, 2.45) is 5.41 Å². The van der Waals surface area contributed by atoms with E-state index in [4.69, 9.17) is 4.74 Å². The van der Waals surface area contributed by atoms with Crippen LogP contribution >= 0.6 is 11.3 Å². The van der Waals surface area contributed by atoms with E-state index in [1.54, 1.807) is 7.11 Å². The number of ether oxygens (including phenoxy) is 1. The summed E-state index contributed by atoms with van der Waals surface area (Å²) in [6.45, 7) is 10.3. The molecule has 2 aromatic carbocycles. The molecule has 1 N–H and O–H groups in total. The van der Waals surface area contributed by atoms with E-state index in [1.165, 1.54) is 11.3 Å².